The summed E-state index contributed by atoms with van der Waals surface area (Å²) in [5, 5.41) is 7.20. The van der Waals surface area contributed by atoms with Gasteiger partial charge in [0.05, 0.1) is 11.6 Å². The predicted octanol–water partition coefficient (Wildman–Crippen LogP) is 1.70. The van der Waals surface area contributed by atoms with Gasteiger partial charge in [0.25, 0.3) is 11.5 Å². The van der Waals surface area contributed by atoms with Gasteiger partial charge in [-0.15, -0.1) is 0 Å². The number of rotatable bonds is 6. The Morgan fingerprint density at radius 2 is 2.06 bits per heavy atom. The molecule has 4 aromatic rings. The molecule has 1 N–H and O–H groups in total. The third-order valence-corrected chi connectivity index (χ3v) is 5.52. The lowest BCUT2D eigenvalue weighted by Gasteiger charge is -2.14. The Hall–Kier alpha value is -4.15. The molecule has 1 aliphatic rings. The number of nitrogens with one attached hydrogen (secondary N) is 1. The lowest BCUT2D eigenvalue weighted by Crippen LogP contribution is -2.29. The third-order valence-electron chi connectivity index (χ3n) is 5.52. The number of amides is 2. The number of fused-ring (bicyclic) bond motifs is 3. The van der Waals surface area contributed by atoms with Crippen LogP contribution in [0.15, 0.2) is 47.5 Å². The summed E-state index contributed by atoms with van der Waals surface area (Å²) < 4.78 is 15.7. The first-order valence-electron chi connectivity index (χ1n) is 10.4. The Kier molecular flexibility index (Phi) is 5.08. The average molecular weight is 449 g/mol. The van der Waals surface area contributed by atoms with E-state index in [4.69, 9.17) is 0 Å². The van der Waals surface area contributed by atoms with Crippen LogP contribution in [0.3, 0.4) is 0 Å². The fraction of sp³-hybridized carbons (Fsp3) is 0.273. The van der Waals surface area contributed by atoms with Gasteiger partial charge in [0.2, 0.25) is 5.91 Å². The topological polar surface area (TPSA) is 114 Å². The zero-order valence-electron chi connectivity index (χ0n) is 17.7. The molecule has 0 spiro atoms. The molecule has 0 saturated heterocycles. The van der Waals surface area contributed by atoms with Crippen LogP contribution in [0.1, 0.15) is 23.3 Å². The summed E-state index contributed by atoms with van der Waals surface area (Å²) in [5.41, 5.74) is 0.262. The molecule has 0 radical (unpaired) electrons. The zero-order valence-corrected chi connectivity index (χ0v) is 17.7. The highest BCUT2D eigenvalue weighted by Crippen LogP contribution is 2.29. The zero-order chi connectivity index (χ0) is 23.1. The van der Waals surface area contributed by atoms with Crippen LogP contribution >= 0.6 is 0 Å². The number of anilines is 1. The van der Waals surface area contributed by atoms with Crippen molar-refractivity contribution < 1.29 is 14.0 Å². The normalized spacial score (nSPS) is 13.4. The molecule has 5 rings (SSSR count). The lowest BCUT2D eigenvalue weighted by atomic mass is 10.3. The Morgan fingerprint density at radius 1 is 1.24 bits per heavy atom. The molecule has 11 heteroatoms. The molecular formula is C22H20FN7O3. The number of hydrogen-bond acceptors (Lipinski definition) is 6. The molecule has 168 valence electrons. The molecule has 0 aromatic carbocycles. The van der Waals surface area contributed by atoms with Crippen LogP contribution in [0.25, 0.3) is 16.7 Å². The van der Waals surface area contributed by atoms with Crippen LogP contribution < -0.4 is 10.9 Å². The standard InChI is InChI=1S/C22H20FN7O3/c1-28(11-13-4-5-13)22(33)16-9-19-29(12-18(31)26-17-7-6-14(23)10-25-17)21(32)15-3-2-8-24-20(15)30(19)27-16/h2-3,6-10,13H,4-5,11-12H2,1H3,(H,25,26,31). The van der Waals surface area contributed by atoms with Gasteiger partial charge in [0.1, 0.15) is 23.8 Å². The van der Waals surface area contributed by atoms with Crippen LogP contribution in [-0.4, -0.2) is 54.5 Å². The molecule has 33 heavy (non-hydrogen) atoms. The third kappa shape index (κ3) is 4.04. The number of carbonyl (C=O) groups is 2. The molecule has 2 amide bonds. The highest BCUT2D eigenvalue weighted by Gasteiger charge is 2.27. The second-order valence-corrected chi connectivity index (χ2v) is 8.10. The molecule has 4 heterocycles. The van der Waals surface area contributed by atoms with Gasteiger partial charge in [0, 0.05) is 25.9 Å². The maximum atomic E-state index is 13.2. The van der Waals surface area contributed by atoms with Crippen molar-refractivity contribution in [2.24, 2.45) is 5.92 Å². The second-order valence-electron chi connectivity index (χ2n) is 8.10. The summed E-state index contributed by atoms with van der Waals surface area (Å²) in [5.74, 6) is -0.676. The summed E-state index contributed by atoms with van der Waals surface area (Å²) >= 11 is 0. The highest BCUT2D eigenvalue weighted by molar-refractivity contribution is 5.94. The van der Waals surface area contributed by atoms with E-state index in [9.17, 15) is 18.8 Å². The van der Waals surface area contributed by atoms with E-state index in [1.807, 2.05) is 0 Å². The molecule has 0 aliphatic heterocycles. The monoisotopic (exact) mass is 449 g/mol. The number of carbonyl (C=O) groups excluding carboxylic acids is 2. The van der Waals surface area contributed by atoms with Gasteiger partial charge in [-0.3, -0.25) is 19.0 Å². The van der Waals surface area contributed by atoms with Gasteiger partial charge in [0.15, 0.2) is 11.3 Å². The first-order chi connectivity index (χ1) is 15.9. The summed E-state index contributed by atoms with van der Waals surface area (Å²) in [6.07, 6.45) is 4.72. The van der Waals surface area contributed by atoms with Gasteiger partial charge >= 0.3 is 0 Å². The van der Waals surface area contributed by atoms with E-state index in [1.165, 1.54) is 33.5 Å². The molecule has 4 aromatic heterocycles. The maximum Gasteiger partial charge on any atom is 0.274 e. The lowest BCUT2D eigenvalue weighted by molar-refractivity contribution is -0.116. The summed E-state index contributed by atoms with van der Waals surface area (Å²) in [4.78, 5) is 48.4. The van der Waals surface area contributed by atoms with E-state index in [0.29, 0.717) is 18.1 Å². The second kappa shape index (κ2) is 8.08. The fourth-order valence-corrected chi connectivity index (χ4v) is 3.70. The van der Waals surface area contributed by atoms with E-state index >= 15 is 0 Å². The number of hydrogen-bond donors (Lipinski definition) is 1. The first kappa shape index (κ1) is 20.7. The van der Waals surface area contributed by atoms with Crippen molar-refractivity contribution in [2.45, 2.75) is 19.4 Å². The van der Waals surface area contributed by atoms with Gasteiger partial charge in [-0.05, 0) is 43.0 Å². The Balaban J connectivity index is 1.54. The van der Waals surface area contributed by atoms with Crippen molar-refractivity contribution in [3.63, 3.8) is 0 Å². The van der Waals surface area contributed by atoms with E-state index in [1.54, 1.807) is 24.1 Å². The molecule has 1 aliphatic carbocycles. The molecule has 0 bridgehead atoms. The minimum absolute atomic E-state index is 0.152. The maximum absolute atomic E-state index is 13.2. The minimum atomic E-state index is -0.540. The fourth-order valence-electron chi connectivity index (χ4n) is 3.70. The van der Waals surface area contributed by atoms with Crippen molar-refractivity contribution in [3.05, 3.63) is 64.6 Å². The molecule has 1 fully saturated rings. The van der Waals surface area contributed by atoms with Crippen LogP contribution in [0, 0.1) is 11.7 Å². The van der Waals surface area contributed by atoms with Crippen molar-refractivity contribution in [2.75, 3.05) is 18.9 Å². The average Bonchev–Trinajstić information content (AvgIpc) is 3.51. The van der Waals surface area contributed by atoms with Gasteiger partial charge < -0.3 is 10.2 Å². The number of pyridine rings is 2. The molecular weight excluding hydrogens is 429 g/mol. The van der Waals surface area contributed by atoms with E-state index in [-0.39, 0.29) is 35.0 Å². The molecule has 0 atom stereocenters. The molecule has 1 saturated carbocycles. The number of nitrogens with zero attached hydrogens (tertiary/aromatic N) is 6. The molecule has 0 unspecified atom stereocenters. The van der Waals surface area contributed by atoms with Crippen molar-refractivity contribution in [3.8, 4) is 0 Å². The van der Waals surface area contributed by atoms with Crippen LogP contribution in [0.2, 0.25) is 0 Å². The summed E-state index contributed by atoms with van der Waals surface area (Å²) in [7, 11) is 1.72. The van der Waals surface area contributed by atoms with Crippen LogP contribution in [0.5, 0.6) is 0 Å². The summed E-state index contributed by atoms with van der Waals surface area (Å²) in [6, 6.07) is 7.18. The minimum Gasteiger partial charge on any atom is -0.340 e. The van der Waals surface area contributed by atoms with Crippen LogP contribution in [0.4, 0.5) is 10.2 Å². The number of aromatic nitrogens is 5. The van der Waals surface area contributed by atoms with E-state index in [0.717, 1.165) is 19.0 Å². The SMILES string of the molecule is CN(CC1CC1)C(=O)c1cc2n(CC(=O)Nc3ccc(F)cn3)c(=O)c3cccnc3n2n1. The Morgan fingerprint density at radius 3 is 2.79 bits per heavy atom. The smallest absolute Gasteiger partial charge is 0.274 e. The quantitative estimate of drug-likeness (QED) is 0.479. The van der Waals surface area contributed by atoms with E-state index < -0.39 is 17.3 Å². The predicted molar refractivity (Wildman–Crippen MR) is 117 cm³/mol. The van der Waals surface area contributed by atoms with Gasteiger partial charge in [-0.25, -0.2) is 14.4 Å². The Bertz CT molecular complexity index is 1440. The van der Waals surface area contributed by atoms with Gasteiger partial charge in [-0.1, -0.05) is 0 Å². The number of halogens is 1. The molecule has 10 nitrogen and oxygen atoms in total. The van der Waals surface area contributed by atoms with Crippen molar-refractivity contribution in [1.82, 2.24) is 29.0 Å². The van der Waals surface area contributed by atoms with Crippen molar-refractivity contribution in [1.29, 1.82) is 0 Å². The first-order valence-corrected chi connectivity index (χ1v) is 10.4. The largest absolute Gasteiger partial charge is 0.340 e. The summed E-state index contributed by atoms with van der Waals surface area (Å²) in [6.45, 7) is 0.287. The van der Waals surface area contributed by atoms with Crippen molar-refractivity contribution >= 4 is 34.3 Å². The highest BCUT2D eigenvalue weighted by atomic mass is 19.1. The van der Waals surface area contributed by atoms with Crippen LogP contribution in [-0.2, 0) is 11.3 Å². The Labute approximate surface area is 186 Å². The van der Waals surface area contributed by atoms with E-state index in [2.05, 4.69) is 20.4 Å². The van der Waals surface area contributed by atoms with Gasteiger partial charge in [-0.2, -0.15) is 9.61 Å².